The molecule has 24 heavy (non-hydrogen) atoms. The fourth-order valence-corrected chi connectivity index (χ4v) is 3.54. The Bertz CT molecular complexity index is 534. The van der Waals surface area contributed by atoms with Crippen LogP contribution in [0, 0.1) is 0 Å². The first-order valence-corrected chi connectivity index (χ1v) is 10.5. The number of carbonyl (C=O) groups is 1. The van der Waals surface area contributed by atoms with E-state index in [1.807, 2.05) is 5.38 Å². The number of rotatable bonds is 7. The Balaban J connectivity index is 1.67. The van der Waals surface area contributed by atoms with E-state index < -0.39 is 0 Å². The van der Waals surface area contributed by atoms with Crippen molar-refractivity contribution in [3.8, 4) is 0 Å². The number of carbonyl (C=O) groups excluding carboxylic acids is 1. The van der Waals surface area contributed by atoms with E-state index in [0.29, 0.717) is 5.11 Å². The monoisotopic (exact) mass is 389 g/mol. The summed E-state index contributed by atoms with van der Waals surface area (Å²) in [6.45, 7) is 3.92. The molecule has 0 unspecified atom stereocenters. The zero-order chi connectivity index (χ0) is 17.2. The molecule has 0 radical (unpaired) electrons. The van der Waals surface area contributed by atoms with Crippen LogP contribution in [0.25, 0.3) is 0 Å². The molecule has 0 spiro atoms. The normalized spacial score (nSPS) is 14.3. The number of hydrogen-bond donors (Lipinski definition) is 3. The fraction of sp³-hybridized carbons (Fsp3) is 0.643. The minimum absolute atomic E-state index is 0.165. The van der Waals surface area contributed by atoms with Gasteiger partial charge in [0, 0.05) is 25.0 Å². The van der Waals surface area contributed by atoms with Gasteiger partial charge in [-0.05, 0) is 30.6 Å². The van der Waals surface area contributed by atoms with E-state index in [4.69, 9.17) is 17.0 Å². The second-order valence-electron chi connectivity index (χ2n) is 5.17. The van der Waals surface area contributed by atoms with Crippen LogP contribution in [0.4, 0.5) is 5.13 Å². The number of ether oxygens (including phenoxy) is 1. The van der Waals surface area contributed by atoms with Crippen molar-refractivity contribution in [1.82, 2.24) is 21.2 Å². The molecule has 0 saturated carbocycles. The largest absolute Gasteiger partial charge is 0.378 e. The van der Waals surface area contributed by atoms with Gasteiger partial charge < -0.3 is 15.0 Å². The number of amides is 1. The van der Waals surface area contributed by atoms with Crippen LogP contribution in [-0.2, 0) is 16.0 Å². The molecule has 1 saturated heterocycles. The van der Waals surface area contributed by atoms with E-state index in [-0.39, 0.29) is 12.3 Å². The molecule has 3 N–H and O–H groups in total. The summed E-state index contributed by atoms with van der Waals surface area (Å²) in [5, 5.41) is 6.34. The zero-order valence-electron chi connectivity index (χ0n) is 13.7. The highest BCUT2D eigenvalue weighted by Crippen LogP contribution is 2.21. The second-order valence-corrected chi connectivity index (χ2v) is 7.40. The summed E-state index contributed by atoms with van der Waals surface area (Å²) < 4.78 is 5.33. The van der Waals surface area contributed by atoms with Gasteiger partial charge >= 0.3 is 0 Å². The average molecular weight is 390 g/mol. The fourth-order valence-electron chi connectivity index (χ4n) is 2.08. The van der Waals surface area contributed by atoms with Gasteiger partial charge in [0.05, 0.1) is 25.3 Å². The lowest BCUT2D eigenvalue weighted by Gasteiger charge is -2.26. The van der Waals surface area contributed by atoms with Crippen LogP contribution in [-0.4, -0.2) is 60.9 Å². The van der Waals surface area contributed by atoms with E-state index in [9.17, 15) is 4.79 Å². The third kappa shape index (κ3) is 6.80. The highest BCUT2D eigenvalue weighted by atomic mass is 32.2. The summed E-state index contributed by atoms with van der Waals surface area (Å²) in [6.07, 6.45) is 3.32. The van der Waals surface area contributed by atoms with Crippen molar-refractivity contribution in [2.45, 2.75) is 12.8 Å². The maximum Gasteiger partial charge on any atom is 0.244 e. The number of hydrogen-bond acceptors (Lipinski definition) is 7. The second kappa shape index (κ2) is 10.7. The first kappa shape index (κ1) is 19.2. The van der Waals surface area contributed by atoms with Crippen molar-refractivity contribution in [2.75, 3.05) is 49.8 Å². The van der Waals surface area contributed by atoms with E-state index >= 15 is 0 Å². The number of aromatic nitrogens is 1. The van der Waals surface area contributed by atoms with Crippen LogP contribution in [0.1, 0.15) is 12.1 Å². The summed E-state index contributed by atoms with van der Waals surface area (Å²) in [7, 11) is 0. The Kier molecular flexibility index (Phi) is 8.57. The van der Waals surface area contributed by atoms with Crippen LogP contribution >= 0.6 is 35.3 Å². The number of thiazole rings is 1. The van der Waals surface area contributed by atoms with Crippen molar-refractivity contribution < 1.29 is 9.53 Å². The molecule has 0 bridgehead atoms. The Hall–Kier alpha value is -1.10. The number of hydrazine groups is 1. The van der Waals surface area contributed by atoms with Gasteiger partial charge in [0.15, 0.2) is 10.2 Å². The van der Waals surface area contributed by atoms with Gasteiger partial charge in [0.25, 0.3) is 0 Å². The average Bonchev–Trinajstić information content (AvgIpc) is 3.06. The Morgan fingerprint density at radius 1 is 1.46 bits per heavy atom. The molecule has 2 rings (SSSR count). The summed E-state index contributed by atoms with van der Waals surface area (Å²) in [4.78, 5) is 18.6. The van der Waals surface area contributed by atoms with Crippen molar-refractivity contribution in [3.63, 3.8) is 0 Å². The lowest BCUT2D eigenvalue weighted by molar-refractivity contribution is -0.121. The topological polar surface area (TPSA) is 78.5 Å². The summed E-state index contributed by atoms with van der Waals surface area (Å²) >= 11 is 8.45. The minimum Gasteiger partial charge on any atom is -0.378 e. The number of thioether (sulfide) groups is 1. The molecular weight excluding hydrogens is 366 g/mol. The van der Waals surface area contributed by atoms with Crippen LogP contribution < -0.4 is 21.1 Å². The Morgan fingerprint density at radius 3 is 3.00 bits per heavy atom. The molecule has 1 aliphatic rings. The van der Waals surface area contributed by atoms with Crippen LogP contribution in [0.5, 0.6) is 0 Å². The molecule has 1 aromatic heterocycles. The highest BCUT2D eigenvalue weighted by Gasteiger charge is 2.15. The third-order valence-electron chi connectivity index (χ3n) is 3.29. The molecule has 2 heterocycles. The molecule has 7 nitrogen and oxygen atoms in total. The van der Waals surface area contributed by atoms with Gasteiger partial charge in [-0.3, -0.25) is 15.6 Å². The summed E-state index contributed by atoms with van der Waals surface area (Å²) in [5.74, 6) is 0.916. The quantitative estimate of drug-likeness (QED) is 0.359. The molecule has 1 fully saturated rings. The standard InChI is InChI=1S/C14H23N5O2S3/c1-23-8-2-3-15-13(22)18-17-12(20)9-11-10-24-14(16-11)19-4-6-21-7-5-19/h10H,2-9H2,1H3,(H,17,20)(H2,15,18,22). The SMILES string of the molecule is CSCCCNC(=S)NNC(=O)Cc1csc(N2CCOCC2)n1. The predicted molar refractivity (Wildman–Crippen MR) is 104 cm³/mol. The van der Waals surface area contributed by atoms with Gasteiger partial charge in [-0.25, -0.2) is 4.98 Å². The lowest BCUT2D eigenvalue weighted by atomic mass is 10.3. The van der Waals surface area contributed by atoms with Crippen molar-refractivity contribution in [3.05, 3.63) is 11.1 Å². The van der Waals surface area contributed by atoms with Crippen LogP contribution in [0.15, 0.2) is 5.38 Å². The van der Waals surface area contributed by atoms with Gasteiger partial charge in [0.2, 0.25) is 5.91 Å². The van der Waals surface area contributed by atoms with E-state index in [1.54, 1.807) is 23.1 Å². The summed E-state index contributed by atoms with van der Waals surface area (Å²) in [5.41, 5.74) is 6.07. The smallest absolute Gasteiger partial charge is 0.244 e. The number of morpholine rings is 1. The first-order valence-electron chi connectivity index (χ1n) is 7.77. The lowest BCUT2D eigenvalue weighted by Crippen LogP contribution is -2.47. The van der Waals surface area contributed by atoms with E-state index in [0.717, 1.165) is 55.8 Å². The maximum atomic E-state index is 11.9. The third-order valence-corrected chi connectivity index (χ3v) is 5.18. The maximum absolute atomic E-state index is 11.9. The van der Waals surface area contributed by atoms with Gasteiger partial charge in [-0.1, -0.05) is 0 Å². The van der Waals surface area contributed by atoms with E-state index in [1.165, 1.54) is 0 Å². The van der Waals surface area contributed by atoms with Gasteiger partial charge in [-0.15, -0.1) is 11.3 Å². The van der Waals surface area contributed by atoms with E-state index in [2.05, 4.69) is 32.3 Å². The van der Waals surface area contributed by atoms with Crippen molar-refractivity contribution in [2.24, 2.45) is 0 Å². The molecule has 0 atom stereocenters. The Morgan fingerprint density at radius 2 is 2.25 bits per heavy atom. The molecule has 1 aliphatic heterocycles. The molecule has 0 aliphatic carbocycles. The highest BCUT2D eigenvalue weighted by molar-refractivity contribution is 7.98. The van der Waals surface area contributed by atoms with Gasteiger partial charge in [0.1, 0.15) is 0 Å². The number of anilines is 1. The molecular formula is C14H23N5O2S3. The zero-order valence-corrected chi connectivity index (χ0v) is 16.1. The van der Waals surface area contributed by atoms with Crippen molar-refractivity contribution in [1.29, 1.82) is 0 Å². The summed E-state index contributed by atoms with van der Waals surface area (Å²) in [6, 6.07) is 0. The minimum atomic E-state index is -0.165. The number of nitrogens with zero attached hydrogens (tertiary/aromatic N) is 2. The Labute approximate surface area is 155 Å². The molecule has 0 aromatic carbocycles. The molecule has 1 aromatic rings. The van der Waals surface area contributed by atoms with Crippen LogP contribution in [0.2, 0.25) is 0 Å². The van der Waals surface area contributed by atoms with Gasteiger partial charge in [-0.2, -0.15) is 11.8 Å². The number of nitrogens with one attached hydrogen (secondary N) is 3. The molecule has 134 valence electrons. The molecule has 1 amide bonds. The molecule has 10 heteroatoms. The van der Waals surface area contributed by atoms with Crippen LogP contribution in [0.3, 0.4) is 0 Å². The first-order chi connectivity index (χ1) is 11.7. The van der Waals surface area contributed by atoms with Crippen molar-refractivity contribution >= 4 is 51.5 Å². The predicted octanol–water partition coefficient (Wildman–Crippen LogP) is 0.771. The number of thiocarbonyl (C=S) groups is 1.